The quantitative estimate of drug-likeness (QED) is 0.571. The summed E-state index contributed by atoms with van der Waals surface area (Å²) in [4.78, 5) is 3.94. The van der Waals surface area contributed by atoms with Crippen molar-refractivity contribution in [3.63, 3.8) is 0 Å². The van der Waals surface area contributed by atoms with Crippen molar-refractivity contribution in [2.24, 2.45) is 5.84 Å². The van der Waals surface area contributed by atoms with Crippen molar-refractivity contribution in [3.05, 3.63) is 24.0 Å². The number of halogens is 2. The maximum Gasteiger partial charge on any atom is 0.198 e. The predicted octanol–water partition coefficient (Wildman–Crippen LogP) is 2.14. The molecular formula is C7H7ClFN3S. The topological polar surface area (TPSA) is 50.9 Å². The fourth-order valence-corrected chi connectivity index (χ4v) is 1.77. The van der Waals surface area contributed by atoms with Gasteiger partial charge in [0.05, 0.1) is 4.70 Å². The second-order valence-electron chi connectivity index (χ2n) is 2.25. The fourth-order valence-electron chi connectivity index (χ4n) is 0.977. The molecule has 0 spiro atoms. The van der Waals surface area contributed by atoms with Crippen LogP contribution in [0.2, 0.25) is 0 Å². The standard InChI is InChI=1S/C7H6FN3S.ClH/c8-4-2-1-3-5-6(4)10-7(11-9)12-5;/h1-3H,9H2,(H,10,11);1H. The fraction of sp³-hybridized carbons (Fsp3) is 0. The number of nitrogen functional groups attached to an aromatic ring is 1. The van der Waals surface area contributed by atoms with Gasteiger partial charge in [0.15, 0.2) is 5.13 Å². The third kappa shape index (κ3) is 1.72. The number of rotatable bonds is 1. The van der Waals surface area contributed by atoms with Gasteiger partial charge < -0.3 is 0 Å². The van der Waals surface area contributed by atoms with E-state index in [-0.39, 0.29) is 18.2 Å². The Morgan fingerprint density at radius 1 is 1.46 bits per heavy atom. The Kier molecular flexibility index (Phi) is 3.02. The van der Waals surface area contributed by atoms with Gasteiger partial charge >= 0.3 is 0 Å². The SMILES string of the molecule is Cl.NNc1nc2c(F)cccc2s1. The minimum atomic E-state index is -0.315. The zero-order valence-corrected chi connectivity index (χ0v) is 8.08. The molecule has 0 aliphatic heterocycles. The van der Waals surface area contributed by atoms with Gasteiger partial charge in [0.25, 0.3) is 0 Å². The van der Waals surface area contributed by atoms with Crippen molar-refractivity contribution in [2.75, 3.05) is 5.43 Å². The minimum absolute atomic E-state index is 0. The van der Waals surface area contributed by atoms with Gasteiger partial charge in [-0.2, -0.15) is 0 Å². The van der Waals surface area contributed by atoms with Crippen LogP contribution in [0.15, 0.2) is 18.2 Å². The predicted molar refractivity (Wildman–Crippen MR) is 54.6 cm³/mol. The summed E-state index contributed by atoms with van der Waals surface area (Å²) in [5.41, 5.74) is 2.76. The number of nitrogens with zero attached hydrogens (tertiary/aromatic N) is 1. The zero-order chi connectivity index (χ0) is 8.55. The number of anilines is 1. The van der Waals surface area contributed by atoms with Crippen molar-refractivity contribution < 1.29 is 4.39 Å². The van der Waals surface area contributed by atoms with Gasteiger partial charge in [-0.15, -0.1) is 12.4 Å². The number of hydrazine groups is 1. The summed E-state index contributed by atoms with van der Waals surface area (Å²) in [5, 5.41) is 0.523. The molecule has 0 bridgehead atoms. The van der Waals surface area contributed by atoms with E-state index >= 15 is 0 Å². The largest absolute Gasteiger partial charge is 0.300 e. The third-order valence-electron chi connectivity index (χ3n) is 1.49. The maximum atomic E-state index is 13.0. The molecule has 0 radical (unpaired) electrons. The third-order valence-corrected chi connectivity index (χ3v) is 2.45. The van der Waals surface area contributed by atoms with Crippen LogP contribution in [0.3, 0.4) is 0 Å². The van der Waals surface area contributed by atoms with Crippen LogP contribution in [0.1, 0.15) is 0 Å². The van der Waals surface area contributed by atoms with E-state index in [0.29, 0.717) is 10.6 Å². The van der Waals surface area contributed by atoms with Crippen molar-refractivity contribution in [1.82, 2.24) is 4.98 Å². The average Bonchev–Trinajstić information content (AvgIpc) is 2.49. The number of thiazole rings is 1. The molecule has 2 aromatic rings. The Hall–Kier alpha value is -0.910. The molecular weight excluding hydrogens is 213 g/mol. The van der Waals surface area contributed by atoms with Crippen LogP contribution in [0.5, 0.6) is 0 Å². The molecule has 0 aliphatic carbocycles. The summed E-state index contributed by atoms with van der Waals surface area (Å²) >= 11 is 1.32. The average molecular weight is 220 g/mol. The van der Waals surface area contributed by atoms with Gasteiger partial charge in [0.1, 0.15) is 11.3 Å². The van der Waals surface area contributed by atoms with Crippen LogP contribution in [0.25, 0.3) is 10.2 Å². The second-order valence-corrected chi connectivity index (χ2v) is 3.28. The molecule has 0 amide bonds. The highest BCUT2D eigenvalue weighted by atomic mass is 35.5. The Morgan fingerprint density at radius 3 is 2.85 bits per heavy atom. The van der Waals surface area contributed by atoms with E-state index in [1.54, 1.807) is 12.1 Å². The molecule has 1 aromatic heterocycles. The number of para-hydroxylation sites is 1. The highest BCUT2D eigenvalue weighted by Gasteiger charge is 2.05. The molecule has 1 heterocycles. The van der Waals surface area contributed by atoms with Gasteiger partial charge in [-0.05, 0) is 12.1 Å². The second kappa shape index (κ2) is 3.87. The van der Waals surface area contributed by atoms with E-state index < -0.39 is 0 Å². The summed E-state index contributed by atoms with van der Waals surface area (Å²) in [7, 11) is 0. The Bertz CT molecular complexity index is 417. The number of hydrogen-bond donors (Lipinski definition) is 2. The molecule has 13 heavy (non-hydrogen) atoms. The minimum Gasteiger partial charge on any atom is -0.300 e. The molecule has 0 unspecified atom stereocenters. The van der Waals surface area contributed by atoms with Crippen LogP contribution < -0.4 is 11.3 Å². The highest BCUT2D eigenvalue weighted by Crippen LogP contribution is 2.26. The first-order chi connectivity index (χ1) is 5.81. The van der Waals surface area contributed by atoms with Crippen LogP contribution in [-0.4, -0.2) is 4.98 Å². The van der Waals surface area contributed by atoms with E-state index in [1.807, 2.05) is 0 Å². The lowest BCUT2D eigenvalue weighted by Gasteiger charge is -1.87. The molecule has 0 fully saturated rings. The molecule has 1 aromatic carbocycles. The maximum absolute atomic E-state index is 13.0. The zero-order valence-electron chi connectivity index (χ0n) is 6.45. The summed E-state index contributed by atoms with van der Waals surface area (Å²) in [6.07, 6.45) is 0. The summed E-state index contributed by atoms with van der Waals surface area (Å²) in [6.45, 7) is 0. The van der Waals surface area contributed by atoms with E-state index in [2.05, 4.69) is 10.4 Å². The summed E-state index contributed by atoms with van der Waals surface area (Å²) in [6, 6.07) is 4.83. The van der Waals surface area contributed by atoms with Gasteiger partial charge in [0, 0.05) is 0 Å². The van der Waals surface area contributed by atoms with Crippen LogP contribution >= 0.6 is 23.7 Å². The van der Waals surface area contributed by atoms with Gasteiger partial charge in [0.2, 0.25) is 0 Å². The molecule has 6 heteroatoms. The van der Waals surface area contributed by atoms with Crippen molar-refractivity contribution in [3.8, 4) is 0 Å². The first-order valence-electron chi connectivity index (χ1n) is 3.33. The smallest absolute Gasteiger partial charge is 0.198 e. The number of fused-ring (bicyclic) bond motifs is 1. The first-order valence-corrected chi connectivity index (χ1v) is 4.14. The van der Waals surface area contributed by atoms with E-state index in [0.717, 1.165) is 4.70 Å². The number of benzene rings is 1. The first kappa shape index (κ1) is 10.2. The molecule has 0 saturated carbocycles. The van der Waals surface area contributed by atoms with Crippen molar-refractivity contribution in [1.29, 1.82) is 0 Å². The molecule has 0 atom stereocenters. The normalized spacial score (nSPS) is 9.69. The molecule has 2 rings (SSSR count). The van der Waals surface area contributed by atoms with Gasteiger partial charge in [-0.1, -0.05) is 17.4 Å². The number of nitrogens with one attached hydrogen (secondary N) is 1. The van der Waals surface area contributed by atoms with Gasteiger partial charge in [-0.3, -0.25) is 5.43 Å². The number of nitrogens with two attached hydrogens (primary N) is 1. The lowest BCUT2D eigenvalue weighted by atomic mass is 10.3. The summed E-state index contributed by atoms with van der Waals surface area (Å²) < 4.78 is 13.8. The Morgan fingerprint density at radius 2 is 2.23 bits per heavy atom. The lowest BCUT2D eigenvalue weighted by Crippen LogP contribution is -2.05. The van der Waals surface area contributed by atoms with Crippen LogP contribution in [0.4, 0.5) is 9.52 Å². The molecule has 0 aliphatic rings. The van der Waals surface area contributed by atoms with E-state index in [9.17, 15) is 4.39 Å². The molecule has 70 valence electrons. The van der Waals surface area contributed by atoms with E-state index in [1.165, 1.54) is 17.4 Å². The van der Waals surface area contributed by atoms with Crippen molar-refractivity contribution in [2.45, 2.75) is 0 Å². The highest BCUT2D eigenvalue weighted by molar-refractivity contribution is 7.22. The van der Waals surface area contributed by atoms with Crippen LogP contribution in [0, 0.1) is 5.82 Å². The lowest BCUT2D eigenvalue weighted by molar-refractivity contribution is 0.637. The van der Waals surface area contributed by atoms with Gasteiger partial charge in [-0.25, -0.2) is 15.2 Å². The van der Waals surface area contributed by atoms with Crippen molar-refractivity contribution >= 4 is 39.1 Å². The Labute approximate surface area is 84.2 Å². The molecule has 0 saturated heterocycles. The number of aromatic nitrogens is 1. The van der Waals surface area contributed by atoms with E-state index in [4.69, 9.17) is 5.84 Å². The molecule has 3 N–H and O–H groups in total. The number of hydrogen-bond acceptors (Lipinski definition) is 4. The Balaban J connectivity index is 0.000000845. The molecule has 3 nitrogen and oxygen atoms in total. The van der Waals surface area contributed by atoms with Crippen LogP contribution in [-0.2, 0) is 0 Å². The summed E-state index contributed by atoms with van der Waals surface area (Å²) in [5.74, 6) is 4.82. The monoisotopic (exact) mass is 219 g/mol.